The van der Waals surface area contributed by atoms with Crippen LogP contribution in [0, 0.1) is 6.92 Å². The molecule has 0 spiro atoms. The van der Waals surface area contributed by atoms with Gasteiger partial charge in [-0.2, -0.15) is 0 Å². The first-order chi connectivity index (χ1) is 11.5. The maximum atomic E-state index is 12.7. The molecule has 0 fully saturated rings. The van der Waals surface area contributed by atoms with E-state index < -0.39 is 6.04 Å². The van der Waals surface area contributed by atoms with E-state index in [4.69, 9.17) is 0 Å². The standard InChI is InChI=1S/C20H22N2O2/c1-14-6-5-7-16(10-14)12-21-20(24)19-11-17-8-3-4-9-18(17)13-22(19)15(2)23/h3-10,19H,11-13H2,1-2H3,(H,21,24)/t19-/m0/s1. The second-order valence-electron chi connectivity index (χ2n) is 6.34. The number of hydrogen-bond acceptors (Lipinski definition) is 2. The molecule has 0 radical (unpaired) electrons. The summed E-state index contributed by atoms with van der Waals surface area (Å²) < 4.78 is 0. The van der Waals surface area contributed by atoms with Crippen LogP contribution in [0.1, 0.15) is 29.2 Å². The van der Waals surface area contributed by atoms with E-state index in [1.165, 1.54) is 12.5 Å². The van der Waals surface area contributed by atoms with E-state index in [0.717, 1.165) is 16.7 Å². The van der Waals surface area contributed by atoms with E-state index in [2.05, 4.69) is 11.4 Å². The predicted molar refractivity (Wildman–Crippen MR) is 93.2 cm³/mol. The van der Waals surface area contributed by atoms with Gasteiger partial charge >= 0.3 is 0 Å². The fourth-order valence-corrected chi connectivity index (χ4v) is 3.22. The van der Waals surface area contributed by atoms with Crippen LogP contribution in [0.15, 0.2) is 48.5 Å². The number of nitrogens with zero attached hydrogens (tertiary/aromatic N) is 1. The van der Waals surface area contributed by atoms with Crippen LogP contribution in [0.2, 0.25) is 0 Å². The van der Waals surface area contributed by atoms with Crippen LogP contribution in [-0.2, 0) is 29.1 Å². The Balaban J connectivity index is 1.73. The van der Waals surface area contributed by atoms with Gasteiger partial charge in [0.1, 0.15) is 6.04 Å². The molecular weight excluding hydrogens is 300 g/mol. The van der Waals surface area contributed by atoms with Gasteiger partial charge in [-0.1, -0.05) is 54.1 Å². The molecule has 0 bridgehead atoms. The number of amides is 2. The Morgan fingerprint density at radius 2 is 1.88 bits per heavy atom. The van der Waals surface area contributed by atoms with E-state index in [-0.39, 0.29) is 11.8 Å². The fourth-order valence-electron chi connectivity index (χ4n) is 3.22. The van der Waals surface area contributed by atoms with E-state index in [1.807, 2.05) is 49.4 Å². The first-order valence-corrected chi connectivity index (χ1v) is 8.22. The number of nitrogens with one attached hydrogen (secondary N) is 1. The molecule has 0 aliphatic carbocycles. The molecule has 2 aromatic carbocycles. The second-order valence-corrected chi connectivity index (χ2v) is 6.34. The van der Waals surface area contributed by atoms with Crippen LogP contribution < -0.4 is 5.32 Å². The quantitative estimate of drug-likeness (QED) is 0.944. The Bertz CT molecular complexity index is 770. The lowest BCUT2D eigenvalue weighted by molar-refractivity contribution is -0.140. The molecule has 2 amide bonds. The smallest absolute Gasteiger partial charge is 0.243 e. The average molecular weight is 322 g/mol. The van der Waals surface area contributed by atoms with Crippen molar-refractivity contribution in [1.29, 1.82) is 0 Å². The minimum absolute atomic E-state index is 0.0693. The molecule has 24 heavy (non-hydrogen) atoms. The summed E-state index contributed by atoms with van der Waals surface area (Å²) in [5, 5.41) is 2.98. The van der Waals surface area contributed by atoms with Crippen molar-refractivity contribution in [3.05, 3.63) is 70.8 Å². The first-order valence-electron chi connectivity index (χ1n) is 8.22. The second kappa shape index (κ2) is 6.87. The summed E-state index contributed by atoms with van der Waals surface area (Å²) in [4.78, 5) is 26.3. The maximum Gasteiger partial charge on any atom is 0.243 e. The van der Waals surface area contributed by atoms with E-state index >= 15 is 0 Å². The van der Waals surface area contributed by atoms with Crippen molar-refractivity contribution in [2.45, 2.75) is 39.4 Å². The van der Waals surface area contributed by atoms with E-state index in [9.17, 15) is 9.59 Å². The normalized spacial score (nSPS) is 16.4. The summed E-state index contributed by atoms with van der Waals surface area (Å²) >= 11 is 0. The van der Waals surface area contributed by atoms with Gasteiger partial charge in [0.15, 0.2) is 0 Å². The van der Waals surface area contributed by atoms with Crippen LogP contribution in [0.5, 0.6) is 0 Å². The molecule has 0 aromatic heterocycles. The third-order valence-corrected chi connectivity index (χ3v) is 4.50. The summed E-state index contributed by atoms with van der Waals surface area (Å²) in [6.07, 6.45) is 0.565. The molecule has 2 aromatic rings. The highest BCUT2D eigenvalue weighted by Gasteiger charge is 2.32. The van der Waals surface area contributed by atoms with Gasteiger partial charge in [-0.15, -0.1) is 0 Å². The zero-order valence-electron chi connectivity index (χ0n) is 14.1. The van der Waals surface area contributed by atoms with Crippen molar-refractivity contribution in [1.82, 2.24) is 10.2 Å². The lowest BCUT2D eigenvalue weighted by Crippen LogP contribution is -2.51. The summed E-state index contributed by atoms with van der Waals surface area (Å²) in [5.41, 5.74) is 4.49. The number of aryl methyl sites for hydroxylation is 1. The van der Waals surface area contributed by atoms with E-state index in [0.29, 0.717) is 19.5 Å². The average Bonchev–Trinajstić information content (AvgIpc) is 2.58. The zero-order chi connectivity index (χ0) is 17.1. The predicted octanol–water partition coefficient (Wildman–Crippen LogP) is 2.58. The van der Waals surface area contributed by atoms with Crippen LogP contribution >= 0.6 is 0 Å². The van der Waals surface area contributed by atoms with Gasteiger partial charge in [-0.3, -0.25) is 9.59 Å². The highest BCUT2D eigenvalue weighted by atomic mass is 16.2. The number of fused-ring (bicyclic) bond motifs is 1. The number of rotatable bonds is 3. The van der Waals surface area contributed by atoms with E-state index in [1.54, 1.807) is 4.90 Å². The largest absolute Gasteiger partial charge is 0.350 e. The molecule has 1 atom stereocenters. The molecule has 0 saturated carbocycles. The van der Waals surface area contributed by atoms with Gasteiger partial charge in [0.25, 0.3) is 0 Å². The Hall–Kier alpha value is -2.62. The Labute approximate surface area is 142 Å². The number of hydrogen-bond donors (Lipinski definition) is 1. The molecular formula is C20H22N2O2. The fraction of sp³-hybridized carbons (Fsp3) is 0.300. The van der Waals surface area contributed by atoms with Crippen molar-refractivity contribution < 1.29 is 9.59 Å². The van der Waals surface area contributed by atoms with Gasteiger partial charge in [-0.25, -0.2) is 0 Å². The third-order valence-electron chi connectivity index (χ3n) is 4.50. The maximum absolute atomic E-state index is 12.7. The van der Waals surface area contributed by atoms with Crippen LogP contribution in [0.25, 0.3) is 0 Å². The zero-order valence-corrected chi connectivity index (χ0v) is 14.1. The third kappa shape index (κ3) is 3.48. The minimum Gasteiger partial charge on any atom is -0.350 e. The lowest BCUT2D eigenvalue weighted by atomic mass is 9.93. The Morgan fingerprint density at radius 3 is 2.58 bits per heavy atom. The van der Waals surface area contributed by atoms with Crippen molar-refractivity contribution >= 4 is 11.8 Å². The Morgan fingerprint density at radius 1 is 1.12 bits per heavy atom. The van der Waals surface area contributed by atoms with Crippen molar-refractivity contribution in [2.24, 2.45) is 0 Å². The van der Waals surface area contributed by atoms with Crippen molar-refractivity contribution in [3.8, 4) is 0 Å². The minimum atomic E-state index is -0.442. The van der Waals surface area contributed by atoms with Crippen LogP contribution in [0.3, 0.4) is 0 Å². The van der Waals surface area contributed by atoms with Crippen LogP contribution in [0.4, 0.5) is 0 Å². The van der Waals surface area contributed by atoms with Gasteiger partial charge in [0.05, 0.1) is 0 Å². The van der Waals surface area contributed by atoms with Gasteiger partial charge in [0, 0.05) is 26.4 Å². The Kier molecular flexibility index (Phi) is 4.65. The SMILES string of the molecule is CC(=O)N1Cc2ccccc2C[C@H]1C(=O)NCc1cccc(C)c1. The van der Waals surface area contributed by atoms with Crippen molar-refractivity contribution in [3.63, 3.8) is 0 Å². The lowest BCUT2D eigenvalue weighted by Gasteiger charge is -2.35. The van der Waals surface area contributed by atoms with Crippen molar-refractivity contribution in [2.75, 3.05) is 0 Å². The highest BCUT2D eigenvalue weighted by Crippen LogP contribution is 2.23. The summed E-state index contributed by atoms with van der Waals surface area (Å²) in [7, 11) is 0. The van der Waals surface area contributed by atoms with Gasteiger partial charge in [0.2, 0.25) is 11.8 Å². The molecule has 1 aliphatic heterocycles. The topological polar surface area (TPSA) is 49.4 Å². The number of carbonyl (C=O) groups is 2. The molecule has 1 N–H and O–H groups in total. The molecule has 4 nitrogen and oxygen atoms in total. The first kappa shape index (κ1) is 16.2. The van der Waals surface area contributed by atoms with Crippen LogP contribution in [-0.4, -0.2) is 22.8 Å². The summed E-state index contributed by atoms with van der Waals surface area (Å²) in [6.45, 7) is 4.52. The molecule has 0 saturated heterocycles. The monoisotopic (exact) mass is 322 g/mol. The molecule has 124 valence electrons. The highest BCUT2D eigenvalue weighted by molar-refractivity contribution is 5.87. The summed E-state index contributed by atoms with van der Waals surface area (Å²) in [6, 6.07) is 15.6. The molecule has 1 aliphatic rings. The molecule has 3 rings (SSSR count). The molecule has 1 heterocycles. The number of benzene rings is 2. The van der Waals surface area contributed by atoms with Gasteiger partial charge in [-0.05, 0) is 23.6 Å². The molecule has 4 heteroatoms. The number of carbonyl (C=O) groups excluding carboxylic acids is 2. The summed E-state index contributed by atoms with van der Waals surface area (Å²) in [5.74, 6) is -0.165. The van der Waals surface area contributed by atoms with Gasteiger partial charge < -0.3 is 10.2 Å². The molecule has 0 unspecified atom stereocenters.